The van der Waals surface area contributed by atoms with E-state index in [4.69, 9.17) is 10.7 Å². The van der Waals surface area contributed by atoms with Crippen molar-refractivity contribution >= 4 is 6.34 Å². The summed E-state index contributed by atoms with van der Waals surface area (Å²) in [5.74, 6) is 5.21. The van der Waals surface area contributed by atoms with Crippen LogP contribution in [0.4, 0.5) is 0 Å². The van der Waals surface area contributed by atoms with Crippen LogP contribution < -0.4 is 11.3 Å². The second-order valence-electron chi connectivity index (χ2n) is 1.30. The van der Waals surface area contributed by atoms with E-state index in [0.29, 0.717) is 6.61 Å². The lowest BCUT2D eigenvalue weighted by atomic mass is 10.9. The molecular weight excluding hydrogens is 120 g/mol. The fraction of sp³-hybridized carbons (Fsp3) is 0.750. The molecule has 0 amide bonds. The van der Waals surface area contributed by atoms with Gasteiger partial charge >= 0.3 is 0 Å². The maximum atomic E-state index is 5.21. The summed E-state index contributed by atoms with van der Waals surface area (Å²) in [6.07, 6.45) is 1.39. The van der Waals surface area contributed by atoms with Gasteiger partial charge in [-0.3, -0.25) is 4.84 Å². The van der Waals surface area contributed by atoms with E-state index < -0.39 is 0 Å². The summed E-state index contributed by atoms with van der Waals surface area (Å²) < 4.78 is 0. The van der Waals surface area contributed by atoms with Gasteiger partial charge in [-0.2, -0.15) is 5.17 Å². The fourth-order valence-corrected chi connectivity index (χ4v) is 0.315. The molecule has 0 bridgehead atoms. The highest BCUT2D eigenvalue weighted by Gasteiger charge is 1.86. The average Bonchev–Trinajstić information content (AvgIpc) is 1.85. The van der Waals surface area contributed by atoms with Crippen molar-refractivity contribution in [2.75, 3.05) is 13.7 Å². The van der Waals surface area contributed by atoms with Crippen molar-refractivity contribution in [3.8, 4) is 0 Å². The summed E-state index contributed by atoms with van der Waals surface area (Å²) in [6, 6.07) is 0. The van der Waals surface area contributed by atoms with E-state index in [9.17, 15) is 0 Å². The van der Waals surface area contributed by atoms with Gasteiger partial charge < -0.3 is 0 Å². The van der Waals surface area contributed by atoms with Crippen LogP contribution in [0.3, 0.4) is 0 Å². The molecule has 5 nitrogen and oxygen atoms in total. The van der Waals surface area contributed by atoms with Crippen LogP contribution in [-0.2, 0) is 4.84 Å². The zero-order chi connectivity index (χ0) is 7.11. The van der Waals surface area contributed by atoms with Gasteiger partial charge in [-0.1, -0.05) is 5.10 Å². The van der Waals surface area contributed by atoms with Crippen molar-refractivity contribution < 1.29 is 10.3 Å². The zero-order valence-electron chi connectivity index (χ0n) is 5.74. The third-order valence-corrected chi connectivity index (χ3v) is 0.608. The molecule has 0 aliphatic rings. The number of hydrazine groups is 1. The van der Waals surface area contributed by atoms with Crippen molar-refractivity contribution in [1.29, 1.82) is 0 Å². The topological polar surface area (TPSA) is 67.5 Å². The minimum Gasteiger partial charge on any atom is -0.257 e. The molecule has 0 aliphatic heterocycles. The number of rotatable bonds is 4. The number of quaternary nitrogens is 1. The molecule has 0 spiro atoms. The normalized spacial score (nSPS) is 10.6. The Labute approximate surface area is 54.4 Å². The first-order chi connectivity index (χ1) is 4.31. The largest absolute Gasteiger partial charge is 0.257 e. The summed E-state index contributed by atoms with van der Waals surface area (Å²) in [7, 11) is 1.80. The van der Waals surface area contributed by atoms with Gasteiger partial charge in [-0.15, -0.1) is 0 Å². The van der Waals surface area contributed by atoms with Gasteiger partial charge in [0, 0.05) is 0 Å². The molecule has 0 aromatic heterocycles. The Morgan fingerprint density at radius 2 is 2.56 bits per heavy atom. The summed E-state index contributed by atoms with van der Waals surface area (Å²) >= 11 is 0. The molecule has 0 fully saturated rings. The van der Waals surface area contributed by atoms with Crippen molar-refractivity contribution in [2.24, 2.45) is 10.9 Å². The second-order valence-corrected chi connectivity index (χ2v) is 1.30. The van der Waals surface area contributed by atoms with Gasteiger partial charge in [0.1, 0.15) is 0 Å². The Morgan fingerprint density at radius 1 is 1.89 bits per heavy atom. The Hall–Kier alpha value is -0.650. The van der Waals surface area contributed by atoms with Gasteiger partial charge in [0.05, 0.1) is 13.7 Å². The van der Waals surface area contributed by atoms with E-state index in [1.54, 1.807) is 12.5 Å². The summed E-state index contributed by atoms with van der Waals surface area (Å²) in [5.41, 5.74) is 1.62. The standard InChI is InChI=1S/C4H12N4O/c1-3-9-8(5)4-7-6-2/h4,6H,3,5H2,1-2H3/p+1. The Morgan fingerprint density at radius 3 is 3.00 bits per heavy atom. The van der Waals surface area contributed by atoms with Crippen LogP contribution in [0, 0.1) is 0 Å². The van der Waals surface area contributed by atoms with E-state index in [2.05, 4.69) is 5.10 Å². The Balaban J connectivity index is 3.25. The summed E-state index contributed by atoms with van der Waals surface area (Å²) in [4.78, 5) is 4.79. The predicted octanol–water partition coefficient (Wildman–Crippen LogP) is -1.75. The monoisotopic (exact) mass is 133 g/mol. The van der Waals surface area contributed by atoms with Crippen LogP contribution in [0.15, 0.2) is 5.10 Å². The average molecular weight is 133 g/mol. The smallest absolute Gasteiger partial charge is 0.189 e. The lowest BCUT2D eigenvalue weighted by Gasteiger charge is -2.07. The third kappa shape index (κ3) is 5.22. The van der Waals surface area contributed by atoms with Crippen molar-refractivity contribution in [3.63, 3.8) is 0 Å². The highest BCUT2D eigenvalue weighted by atomic mass is 16.7. The van der Waals surface area contributed by atoms with E-state index in [-0.39, 0.29) is 0 Å². The Kier molecular flexibility index (Phi) is 5.09. The summed E-state index contributed by atoms with van der Waals surface area (Å²) in [5, 5.41) is 4.79. The molecule has 0 atom stereocenters. The molecule has 0 aliphatic carbocycles. The van der Waals surface area contributed by atoms with Crippen LogP contribution >= 0.6 is 0 Å². The van der Waals surface area contributed by atoms with Crippen LogP contribution in [0.5, 0.6) is 0 Å². The van der Waals surface area contributed by atoms with E-state index in [0.717, 1.165) is 5.17 Å². The van der Waals surface area contributed by atoms with E-state index >= 15 is 0 Å². The lowest BCUT2D eigenvalue weighted by molar-refractivity contribution is -0.633. The van der Waals surface area contributed by atoms with E-state index in [1.807, 2.05) is 6.92 Å². The molecule has 0 radical (unpaired) electrons. The molecule has 54 valence electrons. The van der Waals surface area contributed by atoms with Crippen LogP contribution in [0.25, 0.3) is 0 Å². The first kappa shape index (κ1) is 8.35. The SMILES string of the molecule is CCON(N)C=N[NH2+]C. The molecule has 9 heavy (non-hydrogen) atoms. The molecule has 4 N–H and O–H groups in total. The van der Waals surface area contributed by atoms with Crippen molar-refractivity contribution in [3.05, 3.63) is 0 Å². The molecule has 5 heteroatoms. The molecule has 0 heterocycles. The molecule has 0 rings (SSSR count). The second kappa shape index (κ2) is 5.49. The van der Waals surface area contributed by atoms with Gasteiger partial charge in [0.25, 0.3) is 0 Å². The molecule has 0 aromatic rings. The number of hydrogen-bond donors (Lipinski definition) is 2. The molecule has 0 saturated carbocycles. The number of nitrogens with two attached hydrogens (primary N) is 2. The zero-order valence-corrected chi connectivity index (χ0v) is 5.74. The first-order valence-corrected chi connectivity index (χ1v) is 2.79. The third-order valence-electron chi connectivity index (χ3n) is 0.608. The number of nitrogens with zero attached hydrogens (tertiary/aromatic N) is 2. The van der Waals surface area contributed by atoms with Gasteiger partial charge in [0.2, 0.25) is 0 Å². The lowest BCUT2D eigenvalue weighted by Crippen LogP contribution is -2.73. The molecule has 0 saturated heterocycles. The van der Waals surface area contributed by atoms with Crippen molar-refractivity contribution in [1.82, 2.24) is 5.17 Å². The molecule has 0 aromatic carbocycles. The Bertz CT molecular complexity index is 84.6. The van der Waals surface area contributed by atoms with Gasteiger partial charge in [-0.05, 0) is 6.92 Å². The fourth-order valence-electron chi connectivity index (χ4n) is 0.315. The molecular formula is C4H13N4O+. The maximum absolute atomic E-state index is 5.21. The number of hydroxylamine groups is 1. The first-order valence-electron chi connectivity index (χ1n) is 2.79. The van der Waals surface area contributed by atoms with Gasteiger partial charge in [-0.25, -0.2) is 11.3 Å². The van der Waals surface area contributed by atoms with Crippen LogP contribution in [-0.4, -0.2) is 25.2 Å². The predicted molar refractivity (Wildman–Crippen MR) is 34.0 cm³/mol. The van der Waals surface area contributed by atoms with Crippen LogP contribution in [0.1, 0.15) is 6.92 Å². The number of hydrogen-bond acceptors (Lipinski definition) is 3. The quantitative estimate of drug-likeness (QED) is 0.207. The molecule has 0 unspecified atom stereocenters. The highest BCUT2D eigenvalue weighted by Crippen LogP contribution is 1.71. The van der Waals surface area contributed by atoms with Crippen molar-refractivity contribution in [2.45, 2.75) is 6.92 Å². The van der Waals surface area contributed by atoms with Crippen LogP contribution in [0.2, 0.25) is 0 Å². The maximum Gasteiger partial charge on any atom is 0.189 e. The minimum absolute atomic E-state index is 0.548. The highest BCUT2D eigenvalue weighted by molar-refractivity contribution is 5.50. The van der Waals surface area contributed by atoms with E-state index in [1.165, 1.54) is 6.34 Å². The minimum atomic E-state index is 0.548. The van der Waals surface area contributed by atoms with Gasteiger partial charge in [0.15, 0.2) is 6.34 Å². The summed E-state index contributed by atoms with van der Waals surface area (Å²) in [6.45, 7) is 2.40.